The number of pyridine rings is 1. The summed E-state index contributed by atoms with van der Waals surface area (Å²) in [6.45, 7) is 6.58. The van der Waals surface area contributed by atoms with Crippen molar-refractivity contribution < 1.29 is 4.79 Å². The van der Waals surface area contributed by atoms with Gasteiger partial charge in [-0.3, -0.25) is 4.79 Å². The number of rotatable bonds is 5. The van der Waals surface area contributed by atoms with Crippen molar-refractivity contribution in [3.8, 4) is 0 Å². The molecule has 0 spiro atoms. The van der Waals surface area contributed by atoms with Crippen LogP contribution < -0.4 is 11.1 Å². The van der Waals surface area contributed by atoms with Gasteiger partial charge in [0.05, 0.1) is 5.54 Å². The molecule has 0 aromatic carbocycles. The topological polar surface area (TPSA) is 68.0 Å². The largest absolute Gasteiger partial charge is 0.344 e. The summed E-state index contributed by atoms with van der Waals surface area (Å²) < 4.78 is 0.686. The van der Waals surface area contributed by atoms with Crippen LogP contribution in [0.15, 0.2) is 22.8 Å². The van der Waals surface area contributed by atoms with Gasteiger partial charge in [0.25, 0.3) is 5.91 Å². The van der Waals surface area contributed by atoms with Gasteiger partial charge in [0, 0.05) is 17.2 Å². The van der Waals surface area contributed by atoms with Crippen molar-refractivity contribution in [2.75, 3.05) is 6.54 Å². The molecule has 0 fully saturated rings. The van der Waals surface area contributed by atoms with Crippen molar-refractivity contribution in [1.29, 1.82) is 0 Å². The fourth-order valence-electron chi connectivity index (χ4n) is 1.97. The van der Waals surface area contributed by atoms with E-state index in [1.165, 1.54) is 0 Å². The van der Waals surface area contributed by atoms with Gasteiger partial charge >= 0.3 is 0 Å². The van der Waals surface area contributed by atoms with Crippen LogP contribution in [0.3, 0.4) is 0 Å². The molecule has 3 N–H and O–H groups in total. The van der Waals surface area contributed by atoms with Gasteiger partial charge in [0.1, 0.15) is 5.69 Å². The molecule has 4 nitrogen and oxygen atoms in total. The highest BCUT2D eigenvalue weighted by atomic mass is 79.9. The van der Waals surface area contributed by atoms with Crippen LogP contribution in [0.2, 0.25) is 0 Å². The summed E-state index contributed by atoms with van der Waals surface area (Å²) in [4.78, 5) is 16.2. The van der Waals surface area contributed by atoms with E-state index in [9.17, 15) is 4.79 Å². The van der Waals surface area contributed by atoms with Crippen LogP contribution in [0.5, 0.6) is 0 Å². The number of nitrogens with one attached hydrogen (secondary N) is 1. The molecular formula is C13H20BrN3O. The van der Waals surface area contributed by atoms with Gasteiger partial charge < -0.3 is 11.1 Å². The average molecular weight is 314 g/mol. The Morgan fingerprint density at radius 2 is 2.28 bits per heavy atom. The summed E-state index contributed by atoms with van der Waals surface area (Å²) in [5, 5.41) is 2.98. The van der Waals surface area contributed by atoms with Crippen molar-refractivity contribution in [3.05, 3.63) is 28.5 Å². The van der Waals surface area contributed by atoms with E-state index in [0.717, 1.165) is 6.42 Å². The van der Waals surface area contributed by atoms with E-state index >= 15 is 0 Å². The second-order valence-corrected chi connectivity index (χ2v) is 6.01. The minimum Gasteiger partial charge on any atom is -0.344 e. The second-order valence-electron chi connectivity index (χ2n) is 5.15. The molecule has 0 aliphatic carbocycles. The molecule has 0 radical (unpaired) electrons. The third-order valence-electron chi connectivity index (χ3n) is 2.70. The predicted molar refractivity (Wildman–Crippen MR) is 76.3 cm³/mol. The first-order chi connectivity index (χ1) is 8.38. The SMILES string of the molecule is CC(C)CC(C)(CN)NC(=O)c1ncccc1Br. The zero-order chi connectivity index (χ0) is 13.8. The fourth-order valence-corrected chi connectivity index (χ4v) is 2.41. The molecule has 18 heavy (non-hydrogen) atoms. The van der Waals surface area contributed by atoms with E-state index in [0.29, 0.717) is 22.6 Å². The quantitative estimate of drug-likeness (QED) is 0.876. The third kappa shape index (κ3) is 4.07. The number of nitrogens with two attached hydrogens (primary N) is 1. The molecule has 0 aliphatic heterocycles. The molecule has 0 aliphatic rings. The summed E-state index contributed by atoms with van der Waals surface area (Å²) in [5.74, 6) is 0.266. The first-order valence-corrected chi connectivity index (χ1v) is 6.80. The lowest BCUT2D eigenvalue weighted by Crippen LogP contribution is -2.52. The van der Waals surface area contributed by atoms with E-state index in [2.05, 4.69) is 40.1 Å². The fraction of sp³-hybridized carbons (Fsp3) is 0.538. The van der Waals surface area contributed by atoms with Crippen molar-refractivity contribution in [2.24, 2.45) is 11.7 Å². The van der Waals surface area contributed by atoms with E-state index in [-0.39, 0.29) is 5.91 Å². The normalized spacial score (nSPS) is 14.3. The lowest BCUT2D eigenvalue weighted by molar-refractivity contribution is 0.0892. The monoisotopic (exact) mass is 313 g/mol. The maximum absolute atomic E-state index is 12.2. The summed E-state index contributed by atoms with van der Waals surface area (Å²) in [6, 6.07) is 3.57. The molecule has 1 amide bonds. The Balaban J connectivity index is 2.83. The number of halogens is 1. The molecule has 1 unspecified atom stereocenters. The first kappa shape index (κ1) is 15.1. The molecule has 1 atom stereocenters. The van der Waals surface area contributed by atoms with Crippen LogP contribution in [0, 0.1) is 5.92 Å². The van der Waals surface area contributed by atoms with Crippen molar-refractivity contribution in [1.82, 2.24) is 10.3 Å². The van der Waals surface area contributed by atoms with Crippen molar-refractivity contribution in [2.45, 2.75) is 32.7 Å². The first-order valence-electron chi connectivity index (χ1n) is 6.01. The number of hydrogen-bond acceptors (Lipinski definition) is 3. The van der Waals surface area contributed by atoms with Gasteiger partial charge in [0.2, 0.25) is 0 Å². The minimum atomic E-state index is -0.401. The van der Waals surface area contributed by atoms with Gasteiger partial charge in [-0.2, -0.15) is 0 Å². The van der Waals surface area contributed by atoms with Gasteiger partial charge in [-0.05, 0) is 47.3 Å². The van der Waals surface area contributed by atoms with Gasteiger partial charge in [-0.1, -0.05) is 13.8 Å². The van der Waals surface area contributed by atoms with E-state index in [1.807, 2.05) is 6.92 Å². The summed E-state index contributed by atoms with van der Waals surface area (Å²) in [6.07, 6.45) is 2.43. The van der Waals surface area contributed by atoms with Crippen LogP contribution in [0.25, 0.3) is 0 Å². The Morgan fingerprint density at radius 1 is 1.61 bits per heavy atom. The molecule has 0 saturated carbocycles. The Hall–Kier alpha value is -0.940. The van der Waals surface area contributed by atoms with Gasteiger partial charge in [-0.25, -0.2) is 4.98 Å². The predicted octanol–water partition coefficient (Wildman–Crippen LogP) is 2.34. The van der Waals surface area contributed by atoms with Crippen LogP contribution in [0.4, 0.5) is 0 Å². The van der Waals surface area contributed by atoms with Crippen LogP contribution in [-0.2, 0) is 0 Å². The molecule has 1 heterocycles. The summed E-state index contributed by atoms with van der Waals surface area (Å²) >= 11 is 3.32. The Kier molecular flexibility index (Phi) is 5.28. The third-order valence-corrected chi connectivity index (χ3v) is 3.34. The number of carbonyl (C=O) groups is 1. The average Bonchev–Trinajstić information content (AvgIpc) is 2.28. The highest BCUT2D eigenvalue weighted by molar-refractivity contribution is 9.10. The van der Waals surface area contributed by atoms with Crippen LogP contribution in [-0.4, -0.2) is 23.0 Å². The van der Waals surface area contributed by atoms with Gasteiger partial charge in [-0.15, -0.1) is 0 Å². The lowest BCUT2D eigenvalue weighted by Gasteiger charge is -2.31. The maximum atomic E-state index is 12.2. The molecule has 5 heteroatoms. The number of carbonyl (C=O) groups excluding carboxylic acids is 1. The number of hydrogen-bond donors (Lipinski definition) is 2. The highest BCUT2D eigenvalue weighted by Gasteiger charge is 2.27. The summed E-state index contributed by atoms with van der Waals surface area (Å²) in [7, 11) is 0. The van der Waals surface area contributed by atoms with E-state index in [1.54, 1.807) is 18.3 Å². The summed E-state index contributed by atoms with van der Waals surface area (Å²) in [5.41, 5.74) is 5.76. The molecule has 1 rings (SSSR count). The zero-order valence-electron chi connectivity index (χ0n) is 11.0. The van der Waals surface area contributed by atoms with Crippen molar-refractivity contribution in [3.63, 3.8) is 0 Å². The Bertz CT molecular complexity index is 422. The standard InChI is InChI=1S/C13H20BrN3O/c1-9(2)7-13(3,8-15)17-12(18)11-10(14)5-4-6-16-11/h4-6,9H,7-8,15H2,1-3H3,(H,17,18). The molecule has 0 saturated heterocycles. The maximum Gasteiger partial charge on any atom is 0.271 e. The van der Waals surface area contributed by atoms with E-state index in [4.69, 9.17) is 5.73 Å². The van der Waals surface area contributed by atoms with Gasteiger partial charge in [0.15, 0.2) is 0 Å². The Labute approximate surface area is 116 Å². The highest BCUT2D eigenvalue weighted by Crippen LogP contribution is 2.18. The number of aromatic nitrogens is 1. The van der Waals surface area contributed by atoms with E-state index < -0.39 is 5.54 Å². The number of amides is 1. The molecular weight excluding hydrogens is 294 g/mol. The molecule has 1 aromatic rings. The molecule has 100 valence electrons. The lowest BCUT2D eigenvalue weighted by atomic mass is 9.90. The zero-order valence-corrected chi connectivity index (χ0v) is 12.6. The van der Waals surface area contributed by atoms with Crippen molar-refractivity contribution >= 4 is 21.8 Å². The minimum absolute atomic E-state index is 0.198. The second kappa shape index (κ2) is 6.29. The molecule has 1 aromatic heterocycles. The molecule has 0 bridgehead atoms. The Morgan fingerprint density at radius 3 is 2.78 bits per heavy atom. The number of nitrogens with zero attached hydrogens (tertiary/aromatic N) is 1. The smallest absolute Gasteiger partial charge is 0.271 e. The van der Waals surface area contributed by atoms with Crippen LogP contribution in [0.1, 0.15) is 37.7 Å². The van der Waals surface area contributed by atoms with Crippen LogP contribution >= 0.6 is 15.9 Å².